The lowest BCUT2D eigenvalue weighted by molar-refractivity contribution is 0.683. The van der Waals surface area contributed by atoms with E-state index in [9.17, 15) is 0 Å². The Kier molecular flexibility index (Phi) is 3.47. The fourth-order valence-corrected chi connectivity index (χ4v) is 1.80. The fraction of sp³-hybridized carbons (Fsp3) is 0.333. The summed E-state index contributed by atoms with van der Waals surface area (Å²) in [5.41, 5.74) is 1.06. The lowest BCUT2D eigenvalue weighted by atomic mass is 10.3. The van der Waals surface area contributed by atoms with Gasteiger partial charge in [0.1, 0.15) is 6.33 Å². The van der Waals surface area contributed by atoms with Crippen LogP contribution in [0.4, 0.5) is 0 Å². The van der Waals surface area contributed by atoms with E-state index >= 15 is 0 Å². The molecule has 6 nitrogen and oxygen atoms in total. The molecule has 0 aliphatic heterocycles. The molecule has 2 aromatic rings. The van der Waals surface area contributed by atoms with Gasteiger partial charge < -0.3 is 5.32 Å². The average Bonchev–Trinajstić information content (AvgIpc) is 2.68. The first-order chi connectivity index (χ1) is 7.79. The van der Waals surface area contributed by atoms with Crippen LogP contribution in [0.15, 0.2) is 29.0 Å². The summed E-state index contributed by atoms with van der Waals surface area (Å²) >= 11 is 1.39. The van der Waals surface area contributed by atoms with Crippen molar-refractivity contribution in [3.05, 3.63) is 24.3 Å². The Morgan fingerprint density at radius 1 is 1.31 bits per heavy atom. The minimum Gasteiger partial charge on any atom is -0.316 e. The summed E-state index contributed by atoms with van der Waals surface area (Å²) in [5.74, 6) is 0. The van der Waals surface area contributed by atoms with Gasteiger partial charge in [-0.1, -0.05) is 0 Å². The Morgan fingerprint density at radius 2 is 2.06 bits per heavy atom. The lowest BCUT2D eigenvalue weighted by Crippen LogP contribution is -2.06. The summed E-state index contributed by atoms with van der Waals surface area (Å²) in [6.07, 6.45) is 5.13. The van der Waals surface area contributed by atoms with Gasteiger partial charge in [0, 0.05) is 31.5 Å². The van der Waals surface area contributed by atoms with Gasteiger partial charge in [-0.05, 0) is 18.8 Å². The maximum Gasteiger partial charge on any atom is 0.195 e. The highest BCUT2D eigenvalue weighted by Crippen LogP contribution is 2.20. The molecule has 0 bridgehead atoms. The standard InChI is InChI=1S/C9H12N6S/c1-10-3-7-4-11-8(12-5-7)16-9-13-6-14-15(9)2/h4-6,10H,3H2,1-2H3. The Labute approximate surface area is 97.5 Å². The van der Waals surface area contributed by atoms with E-state index in [0.29, 0.717) is 5.16 Å². The summed E-state index contributed by atoms with van der Waals surface area (Å²) in [4.78, 5) is 12.6. The fourth-order valence-electron chi connectivity index (χ4n) is 1.15. The van der Waals surface area contributed by atoms with Crippen molar-refractivity contribution >= 4 is 11.8 Å². The predicted molar refractivity (Wildman–Crippen MR) is 59.9 cm³/mol. The number of aryl methyl sites for hydroxylation is 1. The van der Waals surface area contributed by atoms with Crippen LogP contribution in [0.3, 0.4) is 0 Å². The minimum atomic E-state index is 0.677. The first kappa shape index (κ1) is 11.0. The molecule has 0 saturated carbocycles. The van der Waals surface area contributed by atoms with Crippen molar-refractivity contribution in [2.45, 2.75) is 16.9 Å². The van der Waals surface area contributed by atoms with E-state index in [0.717, 1.165) is 17.3 Å². The summed E-state index contributed by atoms with van der Waals surface area (Å²) in [6.45, 7) is 0.773. The molecule has 0 saturated heterocycles. The maximum absolute atomic E-state index is 4.24. The van der Waals surface area contributed by atoms with Crippen LogP contribution in [0.25, 0.3) is 0 Å². The lowest BCUT2D eigenvalue weighted by Gasteiger charge is -2.01. The van der Waals surface area contributed by atoms with Gasteiger partial charge in [0.2, 0.25) is 0 Å². The van der Waals surface area contributed by atoms with E-state index in [2.05, 4.69) is 25.4 Å². The van der Waals surface area contributed by atoms with Crippen LogP contribution in [0.2, 0.25) is 0 Å². The van der Waals surface area contributed by atoms with Crippen molar-refractivity contribution in [1.82, 2.24) is 30.0 Å². The quantitative estimate of drug-likeness (QED) is 0.779. The van der Waals surface area contributed by atoms with Gasteiger partial charge in [-0.3, -0.25) is 0 Å². The Morgan fingerprint density at radius 3 is 2.62 bits per heavy atom. The zero-order valence-corrected chi connectivity index (χ0v) is 9.90. The third-order valence-electron chi connectivity index (χ3n) is 1.91. The molecule has 16 heavy (non-hydrogen) atoms. The van der Waals surface area contributed by atoms with Crippen LogP contribution in [-0.4, -0.2) is 31.8 Å². The highest BCUT2D eigenvalue weighted by molar-refractivity contribution is 7.99. The molecular formula is C9H12N6S. The van der Waals surface area contributed by atoms with Gasteiger partial charge in [0.15, 0.2) is 10.3 Å². The summed E-state index contributed by atoms with van der Waals surface area (Å²) in [7, 11) is 3.73. The third-order valence-corrected chi connectivity index (χ3v) is 2.86. The van der Waals surface area contributed by atoms with Gasteiger partial charge in [0.05, 0.1) is 0 Å². The van der Waals surface area contributed by atoms with Gasteiger partial charge in [-0.25, -0.2) is 19.6 Å². The molecular weight excluding hydrogens is 224 g/mol. The topological polar surface area (TPSA) is 68.5 Å². The summed E-state index contributed by atoms with van der Waals surface area (Å²) in [5, 5.41) is 8.48. The molecule has 0 fully saturated rings. The molecule has 0 aliphatic rings. The second-order valence-electron chi connectivity index (χ2n) is 3.17. The Bertz CT molecular complexity index is 451. The zero-order chi connectivity index (χ0) is 11.4. The second kappa shape index (κ2) is 5.04. The molecule has 7 heteroatoms. The highest BCUT2D eigenvalue weighted by Gasteiger charge is 2.05. The number of hydrogen-bond acceptors (Lipinski definition) is 6. The molecule has 2 rings (SSSR count). The van der Waals surface area contributed by atoms with Crippen LogP contribution in [0.5, 0.6) is 0 Å². The van der Waals surface area contributed by atoms with E-state index < -0.39 is 0 Å². The molecule has 84 valence electrons. The van der Waals surface area contributed by atoms with Crippen molar-refractivity contribution < 1.29 is 0 Å². The van der Waals surface area contributed by atoms with E-state index in [1.807, 2.05) is 26.5 Å². The number of rotatable bonds is 4. The van der Waals surface area contributed by atoms with Crippen molar-refractivity contribution in [2.75, 3.05) is 7.05 Å². The second-order valence-corrected chi connectivity index (χ2v) is 4.11. The SMILES string of the molecule is CNCc1cnc(Sc2ncnn2C)nc1. The van der Waals surface area contributed by atoms with E-state index in [1.54, 1.807) is 4.68 Å². The van der Waals surface area contributed by atoms with Gasteiger partial charge in [-0.15, -0.1) is 0 Å². The van der Waals surface area contributed by atoms with Crippen molar-refractivity contribution in [1.29, 1.82) is 0 Å². The highest BCUT2D eigenvalue weighted by atomic mass is 32.2. The van der Waals surface area contributed by atoms with E-state index in [1.165, 1.54) is 18.1 Å². The molecule has 2 aromatic heterocycles. The molecule has 0 atom stereocenters. The maximum atomic E-state index is 4.24. The van der Waals surface area contributed by atoms with E-state index in [4.69, 9.17) is 0 Å². The number of hydrogen-bond donors (Lipinski definition) is 1. The molecule has 2 heterocycles. The van der Waals surface area contributed by atoms with Gasteiger partial charge in [0.25, 0.3) is 0 Å². The molecule has 1 N–H and O–H groups in total. The van der Waals surface area contributed by atoms with Crippen molar-refractivity contribution in [3.63, 3.8) is 0 Å². The van der Waals surface area contributed by atoms with Crippen molar-refractivity contribution in [3.8, 4) is 0 Å². The predicted octanol–water partition coefficient (Wildman–Crippen LogP) is 0.476. The first-order valence-corrected chi connectivity index (χ1v) is 5.58. The van der Waals surface area contributed by atoms with Gasteiger partial charge >= 0.3 is 0 Å². The monoisotopic (exact) mass is 236 g/mol. The molecule has 0 unspecified atom stereocenters. The Hall–Kier alpha value is -1.47. The van der Waals surface area contributed by atoms with Crippen LogP contribution < -0.4 is 5.32 Å². The molecule has 0 radical (unpaired) electrons. The Balaban J connectivity index is 2.08. The zero-order valence-electron chi connectivity index (χ0n) is 9.08. The smallest absolute Gasteiger partial charge is 0.195 e. The summed E-state index contributed by atoms with van der Waals surface area (Å²) < 4.78 is 1.69. The largest absolute Gasteiger partial charge is 0.316 e. The van der Waals surface area contributed by atoms with Crippen LogP contribution in [0.1, 0.15) is 5.56 Å². The molecule has 0 aliphatic carbocycles. The van der Waals surface area contributed by atoms with Crippen molar-refractivity contribution in [2.24, 2.45) is 7.05 Å². The normalized spacial score (nSPS) is 10.6. The molecule has 0 amide bonds. The minimum absolute atomic E-state index is 0.677. The molecule has 0 spiro atoms. The average molecular weight is 236 g/mol. The van der Waals surface area contributed by atoms with Crippen LogP contribution >= 0.6 is 11.8 Å². The number of aromatic nitrogens is 5. The van der Waals surface area contributed by atoms with Crippen LogP contribution in [-0.2, 0) is 13.6 Å². The first-order valence-electron chi connectivity index (χ1n) is 4.77. The number of nitrogens with zero attached hydrogens (tertiary/aromatic N) is 5. The third kappa shape index (κ3) is 2.56. The van der Waals surface area contributed by atoms with Crippen LogP contribution in [0, 0.1) is 0 Å². The van der Waals surface area contributed by atoms with Gasteiger partial charge in [-0.2, -0.15) is 5.10 Å². The summed E-state index contributed by atoms with van der Waals surface area (Å²) in [6, 6.07) is 0. The number of nitrogens with one attached hydrogen (secondary N) is 1. The van der Waals surface area contributed by atoms with E-state index in [-0.39, 0.29) is 0 Å². The molecule has 0 aromatic carbocycles.